The van der Waals surface area contributed by atoms with E-state index in [4.69, 9.17) is 0 Å². The summed E-state index contributed by atoms with van der Waals surface area (Å²) in [4.78, 5) is 33.9. The van der Waals surface area contributed by atoms with Crippen LogP contribution in [0.15, 0.2) is 41.4 Å². The Labute approximate surface area is 188 Å². The average Bonchev–Trinajstić information content (AvgIpc) is 2.77. The number of aryl methyl sites for hydroxylation is 1. The number of rotatable bonds is 5. The van der Waals surface area contributed by atoms with Crippen molar-refractivity contribution in [3.05, 3.63) is 42.1 Å². The van der Waals surface area contributed by atoms with E-state index in [1.807, 2.05) is 17.9 Å². The van der Waals surface area contributed by atoms with Gasteiger partial charge in [0.1, 0.15) is 18.4 Å². The Morgan fingerprint density at radius 1 is 1.19 bits per heavy atom. The van der Waals surface area contributed by atoms with E-state index in [0.717, 1.165) is 34.9 Å². The third-order valence-electron chi connectivity index (χ3n) is 5.86. The maximum Gasteiger partial charge on any atom is 0.250 e. The van der Waals surface area contributed by atoms with Crippen LogP contribution >= 0.6 is 0 Å². The second-order valence-electron chi connectivity index (χ2n) is 8.34. The van der Waals surface area contributed by atoms with Crippen LogP contribution in [0, 0.1) is 6.92 Å². The topological polar surface area (TPSA) is 103 Å². The molecule has 1 fully saturated rings. The van der Waals surface area contributed by atoms with Crippen molar-refractivity contribution < 1.29 is 18.0 Å². The van der Waals surface area contributed by atoms with Gasteiger partial charge < -0.3 is 10.2 Å². The van der Waals surface area contributed by atoms with Gasteiger partial charge in [0.25, 0.3) is 0 Å². The number of piperidine rings is 1. The molecule has 2 aliphatic heterocycles. The summed E-state index contributed by atoms with van der Waals surface area (Å²) in [5, 5.41) is 2.72. The number of benzene rings is 1. The zero-order valence-corrected chi connectivity index (χ0v) is 19.2. The van der Waals surface area contributed by atoms with E-state index in [-0.39, 0.29) is 23.4 Å². The van der Waals surface area contributed by atoms with E-state index in [1.54, 1.807) is 24.4 Å². The molecule has 2 amide bonds. The fourth-order valence-electron chi connectivity index (χ4n) is 4.14. The molecular weight excluding hydrogens is 430 g/mol. The molecule has 1 atom stereocenters. The Balaban J connectivity index is 1.70. The molecule has 0 bridgehead atoms. The molecule has 1 aromatic heterocycles. The highest BCUT2D eigenvalue weighted by Gasteiger charge is 2.40. The largest absolute Gasteiger partial charge is 0.358 e. The Hall–Kier alpha value is -2.98. The van der Waals surface area contributed by atoms with E-state index in [9.17, 15) is 18.0 Å². The minimum Gasteiger partial charge on any atom is -0.358 e. The van der Waals surface area contributed by atoms with Gasteiger partial charge >= 0.3 is 0 Å². The number of pyridine rings is 1. The van der Waals surface area contributed by atoms with E-state index in [2.05, 4.69) is 10.3 Å². The van der Waals surface area contributed by atoms with Crippen LogP contribution in [0.25, 0.3) is 0 Å². The Kier molecular flexibility index (Phi) is 5.91. The van der Waals surface area contributed by atoms with Crippen LogP contribution in [-0.2, 0) is 19.6 Å². The first kappa shape index (κ1) is 22.2. The number of carbonyl (C=O) groups excluding carboxylic acids is 2. The lowest BCUT2D eigenvalue weighted by molar-refractivity contribution is -0.123. The first-order chi connectivity index (χ1) is 15.2. The molecule has 0 radical (unpaired) electrons. The van der Waals surface area contributed by atoms with Gasteiger partial charge in [0.05, 0.1) is 16.3 Å². The molecule has 1 saturated heterocycles. The molecule has 10 heteroatoms. The van der Waals surface area contributed by atoms with Crippen molar-refractivity contribution in [1.29, 1.82) is 0 Å². The Morgan fingerprint density at radius 3 is 2.66 bits per heavy atom. The van der Waals surface area contributed by atoms with Crippen molar-refractivity contribution in [2.24, 2.45) is 0 Å². The van der Waals surface area contributed by atoms with Gasteiger partial charge in [0.2, 0.25) is 21.8 Å². The van der Waals surface area contributed by atoms with Gasteiger partial charge in [0.15, 0.2) is 0 Å². The van der Waals surface area contributed by atoms with Gasteiger partial charge in [-0.25, -0.2) is 17.7 Å². The van der Waals surface area contributed by atoms with Crippen LogP contribution in [0.2, 0.25) is 0 Å². The molecule has 32 heavy (non-hydrogen) atoms. The van der Waals surface area contributed by atoms with Crippen LogP contribution < -0.4 is 15.1 Å². The molecule has 3 heterocycles. The van der Waals surface area contributed by atoms with Crippen LogP contribution in [0.1, 0.15) is 24.8 Å². The van der Waals surface area contributed by atoms with Crippen LogP contribution in [0.5, 0.6) is 0 Å². The second-order valence-corrected chi connectivity index (χ2v) is 10.5. The molecule has 0 saturated carbocycles. The van der Waals surface area contributed by atoms with Gasteiger partial charge in [-0.15, -0.1) is 0 Å². The molecule has 170 valence electrons. The average molecular weight is 458 g/mol. The van der Waals surface area contributed by atoms with Gasteiger partial charge in [-0.1, -0.05) is 6.07 Å². The van der Waals surface area contributed by atoms with Gasteiger partial charge in [-0.2, -0.15) is 0 Å². The Bertz CT molecular complexity index is 1150. The normalized spacial score (nSPS) is 18.4. The molecule has 0 aliphatic carbocycles. The van der Waals surface area contributed by atoms with Crippen LogP contribution in [0.3, 0.4) is 0 Å². The number of amides is 2. The Morgan fingerprint density at radius 2 is 1.97 bits per heavy atom. The molecule has 9 nitrogen and oxygen atoms in total. The summed E-state index contributed by atoms with van der Waals surface area (Å²) in [5.74, 6) is -0.192. The smallest absolute Gasteiger partial charge is 0.250 e. The van der Waals surface area contributed by atoms with Crippen molar-refractivity contribution in [3.8, 4) is 0 Å². The zero-order chi connectivity index (χ0) is 23.0. The number of fused-ring (bicyclic) bond motifs is 3. The van der Waals surface area contributed by atoms with Crippen molar-refractivity contribution in [2.75, 3.05) is 42.3 Å². The maximum absolute atomic E-state index is 13.4. The first-order valence-corrected chi connectivity index (χ1v) is 12.0. The fraction of sp³-hybridized carbons (Fsp3) is 0.409. The van der Waals surface area contributed by atoms with Gasteiger partial charge in [-0.05, 0) is 56.0 Å². The molecule has 2 aliphatic rings. The van der Waals surface area contributed by atoms with Crippen molar-refractivity contribution in [2.45, 2.75) is 37.1 Å². The highest BCUT2D eigenvalue weighted by atomic mass is 32.2. The van der Waals surface area contributed by atoms with Gasteiger partial charge in [0, 0.05) is 26.8 Å². The standard InChI is InChI=1S/C22H27N5O4S/c1-15-7-10-20(23-13-15)24-21(28)14-27-19-12-16(32(30,31)25(2)3)8-9-17(19)26-11-5-4-6-18(26)22(27)29/h7-10,12-13,18H,4-6,11,14H2,1-3H3,(H,23,24,28). The third kappa shape index (κ3) is 4.07. The highest BCUT2D eigenvalue weighted by molar-refractivity contribution is 7.89. The van der Waals surface area contributed by atoms with Gasteiger partial charge in [-0.3, -0.25) is 14.5 Å². The number of hydrogen-bond acceptors (Lipinski definition) is 6. The summed E-state index contributed by atoms with van der Waals surface area (Å²) >= 11 is 0. The van der Waals surface area contributed by atoms with Crippen LogP contribution in [0.4, 0.5) is 17.2 Å². The van der Waals surface area contributed by atoms with Crippen molar-refractivity contribution in [1.82, 2.24) is 9.29 Å². The predicted octanol–water partition coefficient (Wildman–Crippen LogP) is 1.98. The summed E-state index contributed by atoms with van der Waals surface area (Å²) in [6.45, 7) is 2.39. The highest BCUT2D eigenvalue weighted by Crippen LogP contribution is 2.40. The number of anilines is 3. The summed E-state index contributed by atoms with van der Waals surface area (Å²) in [7, 11) is -0.778. The number of nitrogens with zero attached hydrogens (tertiary/aromatic N) is 4. The number of carbonyl (C=O) groups is 2. The monoisotopic (exact) mass is 457 g/mol. The summed E-state index contributed by atoms with van der Waals surface area (Å²) in [6.07, 6.45) is 4.24. The van der Waals surface area contributed by atoms with Crippen molar-refractivity contribution in [3.63, 3.8) is 0 Å². The third-order valence-corrected chi connectivity index (χ3v) is 7.67. The fourth-order valence-corrected chi connectivity index (χ4v) is 5.06. The van der Waals surface area contributed by atoms with E-state index < -0.39 is 15.9 Å². The lowest BCUT2D eigenvalue weighted by Crippen LogP contribution is -2.56. The minimum absolute atomic E-state index is 0.0788. The minimum atomic E-state index is -3.70. The SMILES string of the molecule is Cc1ccc(NC(=O)CN2C(=O)C3CCCCN3c3ccc(S(=O)(=O)N(C)C)cc32)nc1. The van der Waals surface area contributed by atoms with Crippen molar-refractivity contribution >= 4 is 39.0 Å². The summed E-state index contributed by atoms with van der Waals surface area (Å²) < 4.78 is 26.5. The van der Waals surface area contributed by atoms with Crippen LogP contribution in [-0.4, -0.2) is 62.7 Å². The molecule has 1 N–H and O–H groups in total. The van der Waals surface area contributed by atoms with E-state index in [0.29, 0.717) is 17.9 Å². The van der Waals surface area contributed by atoms with E-state index >= 15 is 0 Å². The lowest BCUT2D eigenvalue weighted by atomic mass is 9.96. The summed E-state index contributed by atoms with van der Waals surface area (Å²) in [6, 6.07) is 7.97. The molecule has 4 rings (SSSR count). The number of aromatic nitrogens is 1. The molecule has 1 aromatic carbocycles. The molecule has 0 spiro atoms. The number of sulfonamides is 1. The number of hydrogen-bond donors (Lipinski definition) is 1. The second kappa shape index (κ2) is 8.51. The quantitative estimate of drug-likeness (QED) is 0.737. The van der Waals surface area contributed by atoms with E-state index in [1.165, 1.54) is 25.1 Å². The summed E-state index contributed by atoms with van der Waals surface area (Å²) in [5.41, 5.74) is 2.17. The predicted molar refractivity (Wildman–Crippen MR) is 122 cm³/mol. The molecular formula is C22H27N5O4S. The maximum atomic E-state index is 13.4. The molecule has 1 unspecified atom stereocenters. The lowest BCUT2D eigenvalue weighted by Gasteiger charge is -2.45. The molecule has 2 aromatic rings. The first-order valence-electron chi connectivity index (χ1n) is 10.6. The zero-order valence-electron chi connectivity index (χ0n) is 18.4. The number of nitrogens with one attached hydrogen (secondary N) is 1.